The predicted octanol–water partition coefficient (Wildman–Crippen LogP) is 2.66. The van der Waals surface area contributed by atoms with Crippen LogP contribution >= 0.6 is 0 Å². The molecule has 3 unspecified atom stereocenters. The van der Waals surface area contributed by atoms with Gasteiger partial charge in [0.15, 0.2) is 0 Å². The van der Waals surface area contributed by atoms with E-state index in [-0.39, 0.29) is 0 Å². The smallest absolute Gasteiger partial charge is 0.120 e. The summed E-state index contributed by atoms with van der Waals surface area (Å²) in [7, 11) is 0. The number of hydrogen-bond acceptors (Lipinski definition) is 3. The second-order valence-corrected chi connectivity index (χ2v) is 5.38. The van der Waals surface area contributed by atoms with E-state index < -0.39 is 0 Å². The van der Waals surface area contributed by atoms with Crippen molar-refractivity contribution in [2.24, 2.45) is 5.92 Å². The molecule has 2 heterocycles. The highest BCUT2D eigenvalue weighted by atomic mass is 16.3. The Morgan fingerprint density at radius 3 is 2.94 bits per heavy atom. The standard InChI is InChI=1S/C14H24N2O/c1-11-9-12(2)16(10-11)7-6-15-13(3)14-5-4-8-17-14/h4-5,8,11-13,15H,6-7,9-10H2,1-3H3. The minimum Gasteiger partial charge on any atom is -0.468 e. The first-order chi connectivity index (χ1) is 8.16. The van der Waals surface area contributed by atoms with Crippen LogP contribution < -0.4 is 5.32 Å². The lowest BCUT2D eigenvalue weighted by Crippen LogP contribution is -2.35. The number of nitrogens with zero attached hydrogens (tertiary/aromatic N) is 1. The minimum atomic E-state index is 0.306. The summed E-state index contributed by atoms with van der Waals surface area (Å²) < 4.78 is 5.38. The van der Waals surface area contributed by atoms with Crippen molar-refractivity contribution in [3.8, 4) is 0 Å². The molecular weight excluding hydrogens is 212 g/mol. The molecule has 3 heteroatoms. The normalized spacial score (nSPS) is 27.5. The average Bonchev–Trinajstić information content (AvgIpc) is 2.89. The van der Waals surface area contributed by atoms with Crippen LogP contribution in [0.25, 0.3) is 0 Å². The van der Waals surface area contributed by atoms with Crippen molar-refractivity contribution in [2.75, 3.05) is 19.6 Å². The van der Waals surface area contributed by atoms with E-state index >= 15 is 0 Å². The summed E-state index contributed by atoms with van der Waals surface area (Å²) in [6, 6.07) is 5.02. The molecule has 1 aliphatic rings. The fourth-order valence-electron chi connectivity index (χ4n) is 2.76. The molecule has 0 aromatic carbocycles. The molecule has 0 radical (unpaired) electrons. The molecule has 1 aromatic heterocycles. The van der Waals surface area contributed by atoms with Crippen LogP contribution in [0.15, 0.2) is 22.8 Å². The van der Waals surface area contributed by atoms with Gasteiger partial charge in [-0.2, -0.15) is 0 Å². The van der Waals surface area contributed by atoms with Gasteiger partial charge in [-0.3, -0.25) is 4.90 Å². The second kappa shape index (κ2) is 5.69. The maximum atomic E-state index is 5.38. The van der Waals surface area contributed by atoms with Gasteiger partial charge in [-0.15, -0.1) is 0 Å². The van der Waals surface area contributed by atoms with Crippen molar-refractivity contribution in [3.63, 3.8) is 0 Å². The van der Waals surface area contributed by atoms with Crippen LogP contribution in [0.1, 0.15) is 39.0 Å². The van der Waals surface area contributed by atoms with E-state index in [0.29, 0.717) is 6.04 Å². The number of furan rings is 1. The molecule has 1 aliphatic heterocycles. The van der Waals surface area contributed by atoms with E-state index in [1.165, 1.54) is 13.0 Å². The van der Waals surface area contributed by atoms with E-state index in [0.717, 1.165) is 30.8 Å². The van der Waals surface area contributed by atoms with Gasteiger partial charge >= 0.3 is 0 Å². The third-order valence-electron chi connectivity index (χ3n) is 3.73. The van der Waals surface area contributed by atoms with Gasteiger partial charge in [0.25, 0.3) is 0 Å². The van der Waals surface area contributed by atoms with Gasteiger partial charge in [0, 0.05) is 25.7 Å². The van der Waals surface area contributed by atoms with Crippen LogP contribution in [0.4, 0.5) is 0 Å². The Kier molecular flexibility index (Phi) is 4.24. The van der Waals surface area contributed by atoms with Gasteiger partial charge in [-0.05, 0) is 38.3 Å². The highest BCUT2D eigenvalue weighted by Crippen LogP contribution is 2.21. The van der Waals surface area contributed by atoms with E-state index in [4.69, 9.17) is 4.42 Å². The molecule has 3 atom stereocenters. The second-order valence-electron chi connectivity index (χ2n) is 5.38. The van der Waals surface area contributed by atoms with Crippen LogP contribution in [0.3, 0.4) is 0 Å². The Hall–Kier alpha value is -0.800. The predicted molar refractivity (Wildman–Crippen MR) is 69.9 cm³/mol. The minimum absolute atomic E-state index is 0.306. The third-order valence-corrected chi connectivity index (χ3v) is 3.73. The topological polar surface area (TPSA) is 28.4 Å². The molecule has 96 valence electrons. The van der Waals surface area contributed by atoms with Crippen LogP contribution in [0, 0.1) is 5.92 Å². The number of likely N-dealkylation sites (tertiary alicyclic amines) is 1. The van der Waals surface area contributed by atoms with Crippen LogP contribution in [0.2, 0.25) is 0 Å². The quantitative estimate of drug-likeness (QED) is 0.852. The largest absolute Gasteiger partial charge is 0.468 e. The lowest BCUT2D eigenvalue weighted by molar-refractivity contribution is 0.259. The van der Waals surface area contributed by atoms with Gasteiger partial charge in [0.2, 0.25) is 0 Å². The Bertz CT molecular complexity index is 323. The first-order valence-corrected chi connectivity index (χ1v) is 6.67. The van der Waals surface area contributed by atoms with Crippen molar-refractivity contribution >= 4 is 0 Å². The number of nitrogens with one attached hydrogen (secondary N) is 1. The van der Waals surface area contributed by atoms with Crippen molar-refractivity contribution in [1.29, 1.82) is 0 Å². The summed E-state index contributed by atoms with van der Waals surface area (Å²) in [5, 5.41) is 3.51. The molecule has 0 bridgehead atoms. The lowest BCUT2D eigenvalue weighted by atomic mass is 10.1. The zero-order valence-electron chi connectivity index (χ0n) is 11.1. The van der Waals surface area contributed by atoms with E-state index in [2.05, 4.69) is 31.0 Å². The van der Waals surface area contributed by atoms with Crippen molar-refractivity contribution < 1.29 is 4.42 Å². The molecule has 0 amide bonds. The van der Waals surface area contributed by atoms with Gasteiger partial charge in [0.05, 0.1) is 12.3 Å². The van der Waals surface area contributed by atoms with Gasteiger partial charge in [0.1, 0.15) is 5.76 Å². The molecule has 1 aromatic rings. The molecule has 3 nitrogen and oxygen atoms in total. The fourth-order valence-corrected chi connectivity index (χ4v) is 2.76. The van der Waals surface area contributed by atoms with Crippen molar-refractivity contribution in [2.45, 2.75) is 39.3 Å². The highest BCUT2D eigenvalue weighted by molar-refractivity contribution is 5.02. The molecule has 1 N–H and O–H groups in total. The summed E-state index contributed by atoms with van der Waals surface area (Å²) >= 11 is 0. The average molecular weight is 236 g/mol. The van der Waals surface area contributed by atoms with E-state index in [1.54, 1.807) is 6.26 Å². The fraction of sp³-hybridized carbons (Fsp3) is 0.714. The molecular formula is C14H24N2O. The molecule has 2 rings (SSSR count). The first-order valence-electron chi connectivity index (χ1n) is 6.67. The SMILES string of the molecule is CC1CC(C)N(CCNC(C)c2ccco2)C1. The lowest BCUT2D eigenvalue weighted by Gasteiger charge is -2.22. The molecule has 0 spiro atoms. The third kappa shape index (κ3) is 3.33. The van der Waals surface area contributed by atoms with Gasteiger partial charge in [-0.1, -0.05) is 6.92 Å². The summed E-state index contributed by atoms with van der Waals surface area (Å²) in [5.41, 5.74) is 0. The summed E-state index contributed by atoms with van der Waals surface area (Å²) in [5.74, 6) is 1.88. The summed E-state index contributed by atoms with van der Waals surface area (Å²) in [4.78, 5) is 2.58. The van der Waals surface area contributed by atoms with E-state index in [1.807, 2.05) is 12.1 Å². The molecule has 1 saturated heterocycles. The van der Waals surface area contributed by atoms with Crippen molar-refractivity contribution in [3.05, 3.63) is 24.2 Å². The number of hydrogen-bond donors (Lipinski definition) is 1. The Morgan fingerprint density at radius 2 is 2.35 bits per heavy atom. The van der Waals surface area contributed by atoms with Crippen LogP contribution in [-0.2, 0) is 0 Å². The first kappa shape index (κ1) is 12.7. The molecule has 0 aliphatic carbocycles. The van der Waals surface area contributed by atoms with Crippen LogP contribution in [-0.4, -0.2) is 30.6 Å². The Morgan fingerprint density at radius 1 is 1.53 bits per heavy atom. The highest BCUT2D eigenvalue weighted by Gasteiger charge is 2.25. The monoisotopic (exact) mass is 236 g/mol. The molecule has 1 fully saturated rings. The summed E-state index contributed by atoms with van der Waals surface area (Å²) in [6.07, 6.45) is 3.07. The zero-order chi connectivity index (χ0) is 12.3. The maximum absolute atomic E-state index is 5.38. The Labute approximate surface area is 104 Å². The van der Waals surface area contributed by atoms with Crippen molar-refractivity contribution in [1.82, 2.24) is 10.2 Å². The molecule has 17 heavy (non-hydrogen) atoms. The van der Waals surface area contributed by atoms with Gasteiger partial charge in [-0.25, -0.2) is 0 Å². The van der Waals surface area contributed by atoms with Gasteiger partial charge < -0.3 is 9.73 Å². The maximum Gasteiger partial charge on any atom is 0.120 e. The molecule has 0 saturated carbocycles. The number of rotatable bonds is 5. The van der Waals surface area contributed by atoms with E-state index in [9.17, 15) is 0 Å². The zero-order valence-corrected chi connectivity index (χ0v) is 11.1. The Balaban J connectivity index is 1.69. The summed E-state index contributed by atoms with van der Waals surface area (Å²) in [6.45, 7) is 10.2. The van der Waals surface area contributed by atoms with Crippen LogP contribution in [0.5, 0.6) is 0 Å².